The number of halogens is 1. The van der Waals surface area contributed by atoms with Gasteiger partial charge in [0.2, 0.25) is 9.05 Å². The maximum atomic E-state index is 11.0. The van der Waals surface area contributed by atoms with Gasteiger partial charge in [0, 0.05) is 23.7 Å². The summed E-state index contributed by atoms with van der Waals surface area (Å²) in [7, 11) is 1.68. The highest BCUT2D eigenvalue weighted by Gasteiger charge is 2.40. The topological polar surface area (TPSA) is 52.6 Å². The Labute approximate surface area is 88.9 Å². The number of ether oxygens (including phenoxy) is 2. The normalized spacial score (nSPS) is 28.6. The lowest BCUT2D eigenvalue weighted by Crippen LogP contribution is -2.41. The van der Waals surface area contributed by atoms with Crippen molar-refractivity contribution in [3.63, 3.8) is 0 Å². The van der Waals surface area contributed by atoms with Gasteiger partial charge in [-0.25, -0.2) is 8.42 Å². The van der Waals surface area contributed by atoms with Crippen molar-refractivity contribution in [2.75, 3.05) is 19.0 Å². The third kappa shape index (κ3) is 3.73. The summed E-state index contributed by atoms with van der Waals surface area (Å²) in [6, 6.07) is 0. The van der Waals surface area contributed by atoms with Crippen LogP contribution in [-0.2, 0) is 18.5 Å². The van der Waals surface area contributed by atoms with Gasteiger partial charge in [0.25, 0.3) is 0 Å². The quantitative estimate of drug-likeness (QED) is 0.694. The van der Waals surface area contributed by atoms with E-state index in [0.717, 1.165) is 0 Å². The van der Waals surface area contributed by atoms with E-state index in [4.69, 9.17) is 20.2 Å². The van der Waals surface area contributed by atoms with Crippen LogP contribution in [0.2, 0.25) is 0 Å². The van der Waals surface area contributed by atoms with Crippen molar-refractivity contribution < 1.29 is 17.9 Å². The van der Waals surface area contributed by atoms with Crippen molar-refractivity contribution in [2.45, 2.75) is 32.0 Å². The van der Waals surface area contributed by atoms with Gasteiger partial charge in [0.05, 0.1) is 18.5 Å². The summed E-state index contributed by atoms with van der Waals surface area (Å²) < 4.78 is 32.8. The van der Waals surface area contributed by atoms with Gasteiger partial charge in [-0.3, -0.25) is 0 Å². The molecule has 0 radical (unpaired) electrons. The van der Waals surface area contributed by atoms with E-state index in [1.165, 1.54) is 0 Å². The smallest absolute Gasteiger partial charge is 0.235 e. The van der Waals surface area contributed by atoms with E-state index in [1.807, 2.05) is 13.8 Å². The van der Waals surface area contributed by atoms with Gasteiger partial charge in [-0.2, -0.15) is 0 Å². The van der Waals surface area contributed by atoms with Crippen molar-refractivity contribution in [3.8, 4) is 0 Å². The van der Waals surface area contributed by atoms with Crippen molar-refractivity contribution in [1.82, 2.24) is 0 Å². The monoisotopic (exact) mass is 242 g/mol. The number of hydrogen-bond donors (Lipinski definition) is 0. The number of hydrogen-bond acceptors (Lipinski definition) is 4. The molecule has 1 atom stereocenters. The van der Waals surface area contributed by atoms with Crippen molar-refractivity contribution in [1.29, 1.82) is 0 Å². The summed E-state index contributed by atoms with van der Waals surface area (Å²) in [5.41, 5.74) is -0.741. The molecule has 0 aromatic carbocycles. The summed E-state index contributed by atoms with van der Waals surface area (Å²) in [6.07, 6.45) is 0.548. The molecule has 1 rings (SSSR count). The molecule has 0 aromatic rings. The Morgan fingerprint density at radius 3 is 2.57 bits per heavy atom. The molecule has 0 aliphatic carbocycles. The van der Waals surface area contributed by atoms with Crippen LogP contribution in [0.25, 0.3) is 0 Å². The first-order valence-electron chi connectivity index (χ1n) is 4.51. The van der Waals surface area contributed by atoms with Crippen molar-refractivity contribution >= 4 is 19.7 Å². The largest absolute Gasteiger partial charge is 0.378 e. The molecule has 0 saturated carbocycles. The molecule has 14 heavy (non-hydrogen) atoms. The van der Waals surface area contributed by atoms with Crippen LogP contribution in [0.1, 0.15) is 20.3 Å². The van der Waals surface area contributed by atoms with Crippen molar-refractivity contribution in [2.24, 2.45) is 0 Å². The second kappa shape index (κ2) is 4.35. The molecule has 1 heterocycles. The summed E-state index contributed by atoms with van der Waals surface area (Å²) >= 11 is 0. The summed E-state index contributed by atoms with van der Waals surface area (Å²) in [5.74, 6) is -0.181. The first-order valence-corrected chi connectivity index (χ1v) is 6.99. The fourth-order valence-electron chi connectivity index (χ4n) is 1.64. The van der Waals surface area contributed by atoms with E-state index in [2.05, 4.69) is 0 Å². The summed E-state index contributed by atoms with van der Waals surface area (Å²) in [5, 5.41) is 0. The minimum absolute atomic E-state index is 0.0323. The highest BCUT2D eigenvalue weighted by atomic mass is 35.7. The van der Waals surface area contributed by atoms with E-state index >= 15 is 0 Å². The predicted octanol–water partition coefficient (Wildman–Crippen LogP) is 1.14. The molecule has 0 amide bonds. The van der Waals surface area contributed by atoms with Gasteiger partial charge in [-0.15, -0.1) is 0 Å². The highest BCUT2D eigenvalue weighted by molar-refractivity contribution is 8.13. The Bertz CT molecular complexity index is 280. The summed E-state index contributed by atoms with van der Waals surface area (Å²) in [4.78, 5) is 0. The average Bonchev–Trinajstić information content (AvgIpc) is 2.30. The van der Waals surface area contributed by atoms with Crippen LogP contribution >= 0.6 is 10.7 Å². The maximum Gasteiger partial charge on any atom is 0.235 e. The molecule has 1 unspecified atom stereocenters. The molecule has 84 valence electrons. The Kier molecular flexibility index (Phi) is 3.80. The van der Waals surface area contributed by atoms with Crippen LogP contribution in [-0.4, -0.2) is 39.1 Å². The summed E-state index contributed by atoms with van der Waals surface area (Å²) in [6.45, 7) is 4.55. The molecule has 4 nitrogen and oxygen atoms in total. The van der Waals surface area contributed by atoms with Crippen LogP contribution in [0.5, 0.6) is 0 Å². The van der Waals surface area contributed by atoms with Crippen LogP contribution in [0.4, 0.5) is 0 Å². The van der Waals surface area contributed by atoms with Crippen LogP contribution in [0.15, 0.2) is 0 Å². The molecule has 1 aliphatic rings. The van der Waals surface area contributed by atoms with E-state index in [-0.39, 0.29) is 11.9 Å². The first-order chi connectivity index (χ1) is 6.33. The molecule has 0 aromatic heterocycles. The average molecular weight is 243 g/mol. The molecule has 1 saturated heterocycles. The van der Waals surface area contributed by atoms with Gasteiger partial charge in [-0.05, 0) is 13.8 Å². The minimum atomic E-state index is -3.54. The second-order valence-corrected chi connectivity index (χ2v) is 6.61. The fraction of sp³-hybridized carbons (Fsp3) is 1.00. The second-order valence-electron chi connectivity index (χ2n) is 3.84. The molecule has 6 heteroatoms. The fourth-order valence-corrected chi connectivity index (χ4v) is 3.16. The predicted molar refractivity (Wildman–Crippen MR) is 54.0 cm³/mol. The van der Waals surface area contributed by atoms with Crippen LogP contribution < -0.4 is 0 Å². The molecule has 1 aliphatic heterocycles. The minimum Gasteiger partial charge on any atom is -0.378 e. The van der Waals surface area contributed by atoms with Crippen LogP contribution in [0, 0.1) is 0 Å². The van der Waals surface area contributed by atoms with Gasteiger partial charge in [0.15, 0.2) is 0 Å². The highest BCUT2D eigenvalue weighted by Crippen LogP contribution is 2.27. The molecule has 0 spiro atoms. The zero-order valence-corrected chi connectivity index (χ0v) is 9.90. The zero-order valence-electron chi connectivity index (χ0n) is 8.32. The Hall–Kier alpha value is 0.160. The van der Waals surface area contributed by atoms with E-state index in [1.54, 1.807) is 0 Å². The lowest BCUT2D eigenvalue weighted by molar-refractivity contribution is -0.0668. The third-order valence-corrected chi connectivity index (χ3v) is 3.19. The molecule has 0 N–H and O–H groups in total. The SMILES string of the molecule is CC(C)OC1(CS(=O)(=O)Cl)CCOC1. The van der Waals surface area contributed by atoms with Gasteiger partial charge < -0.3 is 9.47 Å². The van der Waals surface area contributed by atoms with Gasteiger partial charge in [-0.1, -0.05) is 0 Å². The Balaban J connectivity index is 2.72. The lowest BCUT2D eigenvalue weighted by atomic mass is 10.1. The maximum absolute atomic E-state index is 11.0. The molecular formula is C8H15ClO4S. The zero-order chi connectivity index (χ0) is 10.8. The van der Waals surface area contributed by atoms with E-state index in [0.29, 0.717) is 19.6 Å². The van der Waals surface area contributed by atoms with Gasteiger partial charge >= 0.3 is 0 Å². The standard InChI is InChI=1S/C8H15ClO4S/c1-7(2)13-8(3-4-12-5-8)6-14(9,10)11/h7H,3-6H2,1-2H3. The number of rotatable bonds is 4. The Morgan fingerprint density at radius 2 is 2.21 bits per heavy atom. The molecular weight excluding hydrogens is 228 g/mol. The van der Waals surface area contributed by atoms with Crippen LogP contribution in [0.3, 0.4) is 0 Å². The van der Waals surface area contributed by atoms with E-state index in [9.17, 15) is 8.42 Å². The van der Waals surface area contributed by atoms with Crippen molar-refractivity contribution in [3.05, 3.63) is 0 Å². The first kappa shape index (κ1) is 12.2. The molecule has 0 bridgehead atoms. The third-order valence-electron chi connectivity index (χ3n) is 1.99. The Morgan fingerprint density at radius 1 is 1.57 bits per heavy atom. The van der Waals surface area contributed by atoms with Gasteiger partial charge in [0.1, 0.15) is 5.60 Å². The lowest BCUT2D eigenvalue weighted by Gasteiger charge is -2.28. The molecule has 1 fully saturated rings. The van der Waals surface area contributed by atoms with E-state index < -0.39 is 14.7 Å².